The summed E-state index contributed by atoms with van der Waals surface area (Å²) in [6, 6.07) is 0. The first kappa shape index (κ1) is 76.4. The van der Waals surface area contributed by atoms with Crippen LogP contribution in [0.3, 0.4) is 0 Å². The van der Waals surface area contributed by atoms with Gasteiger partial charge in [-0.2, -0.15) is 0 Å². The molecule has 0 aliphatic carbocycles. The van der Waals surface area contributed by atoms with Crippen molar-refractivity contribution < 1.29 is 28.6 Å². The molecule has 79 heavy (non-hydrogen) atoms. The zero-order valence-electron chi connectivity index (χ0n) is 53.2. The van der Waals surface area contributed by atoms with Crippen LogP contribution in [-0.2, 0) is 28.6 Å². The second-order valence-corrected chi connectivity index (χ2v) is 23.8. The van der Waals surface area contributed by atoms with Crippen molar-refractivity contribution in [2.75, 3.05) is 13.2 Å². The average molecular weight is 1110 g/mol. The average Bonchev–Trinajstić information content (AvgIpc) is 3.45. The van der Waals surface area contributed by atoms with Crippen LogP contribution in [0.25, 0.3) is 0 Å². The van der Waals surface area contributed by atoms with Gasteiger partial charge < -0.3 is 14.2 Å². The highest BCUT2D eigenvalue weighted by Crippen LogP contribution is 2.18. The molecule has 0 fully saturated rings. The summed E-state index contributed by atoms with van der Waals surface area (Å²) < 4.78 is 17.0. The molecule has 0 rings (SSSR count). The van der Waals surface area contributed by atoms with Crippen molar-refractivity contribution >= 4 is 17.9 Å². The third kappa shape index (κ3) is 66.1. The molecule has 0 aromatic heterocycles. The monoisotopic (exact) mass is 1110 g/mol. The van der Waals surface area contributed by atoms with E-state index in [2.05, 4.69) is 69.4 Å². The van der Waals surface area contributed by atoms with Gasteiger partial charge in [0.05, 0.1) is 0 Å². The predicted octanol–water partition coefficient (Wildman–Crippen LogP) is 24.1. The molecule has 6 heteroatoms. The highest BCUT2D eigenvalue weighted by molar-refractivity contribution is 5.71. The van der Waals surface area contributed by atoms with E-state index in [0.717, 1.165) is 77.0 Å². The Bertz CT molecular complexity index is 1360. The summed E-state index contributed by atoms with van der Waals surface area (Å²) in [5.41, 5.74) is 0. The summed E-state index contributed by atoms with van der Waals surface area (Å²) in [5, 5.41) is 0. The van der Waals surface area contributed by atoms with Crippen molar-refractivity contribution in [3.63, 3.8) is 0 Å². The number of hydrogen-bond donors (Lipinski definition) is 0. The molecule has 1 atom stereocenters. The molecular weight excluding hydrogens is 973 g/mol. The molecule has 0 N–H and O–H groups in total. The third-order valence-corrected chi connectivity index (χ3v) is 15.8. The van der Waals surface area contributed by atoms with Crippen molar-refractivity contribution in [1.82, 2.24) is 0 Å². The number of allylic oxidation sites excluding steroid dienone is 8. The minimum Gasteiger partial charge on any atom is -0.462 e. The minimum absolute atomic E-state index is 0.0733. The largest absolute Gasteiger partial charge is 0.462 e. The van der Waals surface area contributed by atoms with Crippen molar-refractivity contribution in [3.8, 4) is 0 Å². The number of carbonyl (C=O) groups excluding carboxylic acids is 3. The molecule has 0 spiro atoms. The van der Waals surface area contributed by atoms with Crippen molar-refractivity contribution in [1.29, 1.82) is 0 Å². The van der Waals surface area contributed by atoms with Crippen molar-refractivity contribution in [2.24, 2.45) is 0 Å². The fourth-order valence-corrected chi connectivity index (χ4v) is 10.5. The smallest absolute Gasteiger partial charge is 0.306 e. The van der Waals surface area contributed by atoms with Gasteiger partial charge in [0, 0.05) is 19.3 Å². The number of esters is 3. The predicted molar refractivity (Wildman–Crippen MR) is 344 cm³/mol. The fraction of sp³-hybridized carbons (Fsp3) is 0.849. The zero-order chi connectivity index (χ0) is 57.1. The lowest BCUT2D eigenvalue weighted by Crippen LogP contribution is -2.30. The highest BCUT2D eigenvalue weighted by atomic mass is 16.6. The lowest BCUT2D eigenvalue weighted by molar-refractivity contribution is -0.167. The quantitative estimate of drug-likeness (QED) is 0.0261. The van der Waals surface area contributed by atoms with Gasteiger partial charge >= 0.3 is 17.9 Å². The maximum absolute atomic E-state index is 13.0. The molecule has 0 saturated heterocycles. The second-order valence-electron chi connectivity index (χ2n) is 23.8. The van der Waals surface area contributed by atoms with Crippen LogP contribution >= 0.6 is 0 Å². The van der Waals surface area contributed by atoms with Gasteiger partial charge in [-0.25, -0.2) is 0 Å². The Balaban J connectivity index is 4.32. The normalized spacial score (nSPS) is 12.3. The third-order valence-electron chi connectivity index (χ3n) is 15.8. The van der Waals surface area contributed by atoms with E-state index in [9.17, 15) is 14.4 Å². The van der Waals surface area contributed by atoms with E-state index in [1.165, 1.54) is 263 Å². The Labute approximate surface area is 492 Å². The van der Waals surface area contributed by atoms with Gasteiger partial charge in [-0.15, -0.1) is 0 Å². The number of rotatable bonds is 65. The van der Waals surface area contributed by atoms with Crippen LogP contribution in [0.4, 0.5) is 0 Å². The van der Waals surface area contributed by atoms with Crippen molar-refractivity contribution in [2.45, 2.75) is 386 Å². The fourth-order valence-electron chi connectivity index (χ4n) is 10.5. The topological polar surface area (TPSA) is 78.9 Å². The van der Waals surface area contributed by atoms with E-state index in [0.29, 0.717) is 19.3 Å². The van der Waals surface area contributed by atoms with Gasteiger partial charge in [0.1, 0.15) is 13.2 Å². The first-order chi connectivity index (χ1) is 39.0. The summed E-state index contributed by atoms with van der Waals surface area (Å²) in [5.74, 6) is -0.859. The van der Waals surface area contributed by atoms with Gasteiger partial charge in [0.15, 0.2) is 6.10 Å². The van der Waals surface area contributed by atoms with Gasteiger partial charge in [-0.05, 0) is 83.5 Å². The molecular formula is C73H134O6. The maximum atomic E-state index is 13.0. The van der Waals surface area contributed by atoms with Crippen LogP contribution < -0.4 is 0 Å². The van der Waals surface area contributed by atoms with Crippen molar-refractivity contribution in [3.05, 3.63) is 48.6 Å². The molecule has 0 aliphatic heterocycles. The van der Waals surface area contributed by atoms with Crippen LogP contribution in [0.2, 0.25) is 0 Å². The Hall–Kier alpha value is -2.63. The SMILES string of the molecule is CCCCC/C=C\C/C=C\CCCCCCCCCC(=O)OCC(COC(=O)CCCCCCCCCCCCCCCCCCCCCCCCC)OC(=O)CCCCCCCCCCC/C=C\C/C=C\CCCCCCC. The summed E-state index contributed by atoms with van der Waals surface area (Å²) >= 11 is 0. The molecule has 0 aromatic carbocycles. The van der Waals surface area contributed by atoms with Gasteiger partial charge in [-0.3, -0.25) is 14.4 Å². The Morgan fingerprint density at radius 2 is 0.456 bits per heavy atom. The number of hydrogen-bond acceptors (Lipinski definition) is 6. The molecule has 0 saturated carbocycles. The molecule has 0 aliphatic rings. The minimum atomic E-state index is -0.779. The van der Waals surface area contributed by atoms with E-state index >= 15 is 0 Å². The molecule has 0 aromatic rings. The first-order valence-electron chi connectivity index (χ1n) is 35.1. The summed E-state index contributed by atoms with van der Waals surface area (Å²) in [6.07, 6.45) is 85.6. The zero-order valence-corrected chi connectivity index (χ0v) is 53.2. The molecule has 6 nitrogen and oxygen atoms in total. The van der Waals surface area contributed by atoms with E-state index in [1.54, 1.807) is 0 Å². The second kappa shape index (κ2) is 67.9. The lowest BCUT2D eigenvalue weighted by atomic mass is 10.0. The molecule has 0 amide bonds. The summed E-state index contributed by atoms with van der Waals surface area (Å²) in [4.78, 5) is 38.5. The summed E-state index contributed by atoms with van der Waals surface area (Å²) in [7, 11) is 0. The van der Waals surface area contributed by atoms with Crippen LogP contribution in [0.15, 0.2) is 48.6 Å². The first-order valence-corrected chi connectivity index (χ1v) is 35.1. The number of carbonyl (C=O) groups is 3. The Morgan fingerprint density at radius 3 is 0.722 bits per heavy atom. The summed E-state index contributed by atoms with van der Waals surface area (Å²) in [6.45, 7) is 6.67. The highest BCUT2D eigenvalue weighted by Gasteiger charge is 2.19. The van der Waals surface area contributed by atoms with E-state index in [4.69, 9.17) is 14.2 Å². The van der Waals surface area contributed by atoms with Crippen LogP contribution in [0.5, 0.6) is 0 Å². The van der Waals surface area contributed by atoms with E-state index in [1.807, 2.05) is 0 Å². The number of ether oxygens (including phenoxy) is 3. The van der Waals surface area contributed by atoms with E-state index < -0.39 is 6.10 Å². The van der Waals surface area contributed by atoms with Gasteiger partial charge in [0.25, 0.3) is 0 Å². The molecule has 0 radical (unpaired) electrons. The maximum Gasteiger partial charge on any atom is 0.306 e. The molecule has 462 valence electrons. The van der Waals surface area contributed by atoms with Crippen LogP contribution in [-0.4, -0.2) is 37.2 Å². The van der Waals surface area contributed by atoms with E-state index in [-0.39, 0.29) is 31.1 Å². The molecule has 1 unspecified atom stereocenters. The molecule has 0 bridgehead atoms. The van der Waals surface area contributed by atoms with Crippen LogP contribution in [0, 0.1) is 0 Å². The number of unbranched alkanes of at least 4 members (excludes halogenated alkanes) is 46. The van der Waals surface area contributed by atoms with Gasteiger partial charge in [-0.1, -0.05) is 326 Å². The van der Waals surface area contributed by atoms with Gasteiger partial charge in [0.2, 0.25) is 0 Å². The lowest BCUT2D eigenvalue weighted by Gasteiger charge is -2.18. The Morgan fingerprint density at radius 1 is 0.253 bits per heavy atom. The Kier molecular flexibility index (Phi) is 65.6. The van der Waals surface area contributed by atoms with Crippen LogP contribution in [0.1, 0.15) is 380 Å². The molecule has 0 heterocycles. The standard InChI is InChI=1S/C73H134O6/c1-4-7-10-13-16-19-22-25-28-31-33-35-36-38-39-42-45-48-51-54-57-60-63-66-72(75)78-69-70(68-77-71(74)65-62-59-56-53-50-47-44-41-30-27-24-21-18-15-12-9-6-3)79-73(76)67-64-61-58-55-52-49-46-43-40-37-34-32-29-26-23-20-17-14-11-8-5-2/h18,21,23,26-27,30,32,34,70H,4-17,19-20,22,24-25,28-29,31,33,35-69H2,1-3H3/b21-18-,26-23-,30-27-,34-32-.